The Morgan fingerprint density at radius 2 is 2.14 bits per heavy atom. The largest absolute Gasteiger partial charge is 0.393 e. The van der Waals surface area contributed by atoms with Gasteiger partial charge in [0.2, 0.25) is 10.0 Å². The van der Waals surface area contributed by atoms with Gasteiger partial charge in [-0.05, 0) is 26.2 Å². The Bertz CT molecular complexity index is 274. The van der Waals surface area contributed by atoms with Crippen molar-refractivity contribution in [2.24, 2.45) is 0 Å². The van der Waals surface area contributed by atoms with Crippen LogP contribution in [0.25, 0.3) is 0 Å². The van der Waals surface area contributed by atoms with Crippen LogP contribution < -0.4 is 0 Å². The Morgan fingerprint density at radius 3 is 2.64 bits per heavy atom. The van der Waals surface area contributed by atoms with Gasteiger partial charge in [-0.1, -0.05) is 6.42 Å². The summed E-state index contributed by atoms with van der Waals surface area (Å²) in [4.78, 5) is 0. The van der Waals surface area contributed by atoms with E-state index in [-0.39, 0.29) is 6.04 Å². The average Bonchev–Trinajstić information content (AvgIpc) is 2.01. The summed E-state index contributed by atoms with van der Waals surface area (Å²) in [6.07, 6.45) is 4.23. The van der Waals surface area contributed by atoms with Crippen molar-refractivity contribution in [1.82, 2.24) is 4.31 Å². The fourth-order valence-electron chi connectivity index (χ4n) is 2.04. The first-order valence-electron chi connectivity index (χ1n) is 5.06. The smallest absolute Gasteiger partial charge is 0.211 e. The van der Waals surface area contributed by atoms with Crippen molar-refractivity contribution in [2.45, 2.75) is 44.8 Å². The van der Waals surface area contributed by atoms with Crippen LogP contribution >= 0.6 is 0 Å². The van der Waals surface area contributed by atoms with Crippen LogP contribution in [0.15, 0.2) is 0 Å². The molecule has 1 heterocycles. The Labute approximate surface area is 86.0 Å². The van der Waals surface area contributed by atoms with E-state index < -0.39 is 16.1 Å². The van der Waals surface area contributed by atoms with Crippen LogP contribution in [0.2, 0.25) is 0 Å². The van der Waals surface area contributed by atoms with Crippen LogP contribution in [0.4, 0.5) is 0 Å². The third-order valence-electron chi connectivity index (χ3n) is 2.61. The van der Waals surface area contributed by atoms with Gasteiger partial charge in [0.25, 0.3) is 0 Å². The minimum absolute atomic E-state index is 0.00116. The lowest BCUT2D eigenvalue weighted by molar-refractivity contribution is 0.132. The number of aliphatic hydroxyl groups excluding tert-OH is 1. The van der Waals surface area contributed by atoms with E-state index in [0.717, 1.165) is 19.3 Å². The molecule has 14 heavy (non-hydrogen) atoms. The van der Waals surface area contributed by atoms with Gasteiger partial charge in [0.05, 0.1) is 12.4 Å². The molecule has 0 aliphatic carbocycles. The zero-order valence-corrected chi connectivity index (χ0v) is 9.63. The van der Waals surface area contributed by atoms with Gasteiger partial charge in [0, 0.05) is 12.6 Å². The maximum atomic E-state index is 11.4. The zero-order valence-electron chi connectivity index (χ0n) is 8.81. The molecule has 2 unspecified atom stereocenters. The van der Waals surface area contributed by atoms with Crippen LogP contribution in [0.3, 0.4) is 0 Å². The molecule has 1 aliphatic heterocycles. The molecule has 4 nitrogen and oxygen atoms in total. The van der Waals surface area contributed by atoms with Gasteiger partial charge in [0.1, 0.15) is 0 Å². The molecular weight excluding hydrogens is 202 g/mol. The standard InChI is InChI=1S/C9H19NO3S/c1-8(11)7-9-5-3-4-6-10(9)14(2,12)13/h8-9,11H,3-7H2,1-2H3. The van der Waals surface area contributed by atoms with E-state index in [4.69, 9.17) is 0 Å². The van der Waals surface area contributed by atoms with Crippen LogP contribution in [0.5, 0.6) is 0 Å². The topological polar surface area (TPSA) is 57.6 Å². The molecule has 1 saturated heterocycles. The molecule has 1 rings (SSSR count). The number of aliphatic hydroxyl groups is 1. The average molecular weight is 221 g/mol. The van der Waals surface area contributed by atoms with Gasteiger partial charge in [-0.3, -0.25) is 0 Å². The summed E-state index contributed by atoms with van der Waals surface area (Å²) in [6.45, 7) is 2.31. The molecule has 84 valence electrons. The number of sulfonamides is 1. The molecule has 5 heteroatoms. The summed E-state index contributed by atoms with van der Waals surface area (Å²) in [5, 5.41) is 9.27. The van der Waals surface area contributed by atoms with E-state index in [1.807, 2.05) is 0 Å². The summed E-state index contributed by atoms with van der Waals surface area (Å²) in [7, 11) is -3.10. The highest BCUT2D eigenvalue weighted by Gasteiger charge is 2.29. The number of hydrogen-bond acceptors (Lipinski definition) is 3. The van der Waals surface area contributed by atoms with E-state index in [0.29, 0.717) is 13.0 Å². The first kappa shape index (κ1) is 11.9. The van der Waals surface area contributed by atoms with E-state index >= 15 is 0 Å². The third-order valence-corrected chi connectivity index (χ3v) is 3.94. The quantitative estimate of drug-likeness (QED) is 0.758. The monoisotopic (exact) mass is 221 g/mol. The highest BCUT2D eigenvalue weighted by Crippen LogP contribution is 2.23. The molecule has 0 aromatic heterocycles. The number of rotatable bonds is 3. The van der Waals surface area contributed by atoms with Gasteiger partial charge in [-0.15, -0.1) is 0 Å². The first-order valence-corrected chi connectivity index (χ1v) is 6.91. The SMILES string of the molecule is CC(O)CC1CCCCN1S(C)(=O)=O. The summed E-state index contributed by atoms with van der Waals surface area (Å²) in [5.41, 5.74) is 0. The molecule has 1 N–H and O–H groups in total. The molecular formula is C9H19NO3S. The minimum Gasteiger partial charge on any atom is -0.393 e. The number of piperidine rings is 1. The summed E-state index contributed by atoms with van der Waals surface area (Å²) >= 11 is 0. The second kappa shape index (κ2) is 4.59. The number of hydrogen-bond donors (Lipinski definition) is 1. The second-order valence-corrected chi connectivity index (χ2v) is 6.04. The lowest BCUT2D eigenvalue weighted by Gasteiger charge is -2.34. The minimum atomic E-state index is -3.10. The van der Waals surface area contributed by atoms with E-state index in [9.17, 15) is 13.5 Å². The van der Waals surface area contributed by atoms with Crippen LogP contribution in [-0.2, 0) is 10.0 Å². The molecule has 0 bridgehead atoms. The van der Waals surface area contributed by atoms with Crippen molar-refractivity contribution < 1.29 is 13.5 Å². The fourth-order valence-corrected chi connectivity index (χ4v) is 3.23. The second-order valence-electron chi connectivity index (χ2n) is 4.11. The molecule has 0 spiro atoms. The predicted octanol–water partition coefficient (Wildman–Crippen LogP) is 0.571. The lowest BCUT2D eigenvalue weighted by Crippen LogP contribution is -2.44. The van der Waals surface area contributed by atoms with Gasteiger partial charge in [-0.2, -0.15) is 4.31 Å². The van der Waals surface area contributed by atoms with Crippen molar-refractivity contribution in [3.63, 3.8) is 0 Å². The van der Waals surface area contributed by atoms with Crippen LogP contribution in [-0.4, -0.2) is 42.8 Å². The third kappa shape index (κ3) is 3.22. The lowest BCUT2D eigenvalue weighted by atomic mass is 10.00. The Hall–Kier alpha value is -0.130. The maximum absolute atomic E-state index is 11.4. The highest BCUT2D eigenvalue weighted by atomic mass is 32.2. The fraction of sp³-hybridized carbons (Fsp3) is 1.00. The van der Waals surface area contributed by atoms with Crippen molar-refractivity contribution in [3.05, 3.63) is 0 Å². The van der Waals surface area contributed by atoms with E-state index in [2.05, 4.69) is 0 Å². The molecule has 0 aromatic carbocycles. The molecule has 0 amide bonds. The molecule has 2 atom stereocenters. The van der Waals surface area contributed by atoms with Gasteiger partial charge >= 0.3 is 0 Å². The van der Waals surface area contributed by atoms with Crippen molar-refractivity contribution in [1.29, 1.82) is 0 Å². The van der Waals surface area contributed by atoms with Crippen molar-refractivity contribution >= 4 is 10.0 Å². The van der Waals surface area contributed by atoms with Crippen molar-refractivity contribution in [2.75, 3.05) is 12.8 Å². The van der Waals surface area contributed by atoms with Crippen LogP contribution in [0, 0.1) is 0 Å². The van der Waals surface area contributed by atoms with Crippen LogP contribution in [0.1, 0.15) is 32.6 Å². The Kier molecular flexibility index (Phi) is 3.92. The first-order chi connectivity index (χ1) is 6.41. The maximum Gasteiger partial charge on any atom is 0.211 e. The normalized spacial score (nSPS) is 27.5. The number of nitrogens with zero attached hydrogens (tertiary/aromatic N) is 1. The summed E-state index contributed by atoms with van der Waals surface area (Å²) in [5.74, 6) is 0. The molecule has 1 fully saturated rings. The van der Waals surface area contributed by atoms with Gasteiger partial charge in [0.15, 0.2) is 0 Å². The molecule has 1 aliphatic rings. The molecule has 0 saturated carbocycles. The summed E-state index contributed by atoms with van der Waals surface area (Å²) < 4.78 is 24.4. The molecule has 0 radical (unpaired) electrons. The van der Waals surface area contributed by atoms with Crippen molar-refractivity contribution in [3.8, 4) is 0 Å². The summed E-state index contributed by atoms with van der Waals surface area (Å²) in [6, 6.07) is -0.00116. The Balaban J connectivity index is 2.69. The highest BCUT2D eigenvalue weighted by molar-refractivity contribution is 7.88. The van der Waals surface area contributed by atoms with Gasteiger partial charge < -0.3 is 5.11 Å². The van der Waals surface area contributed by atoms with Gasteiger partial charge in [-0.25, -0.2) is 8.42 Å². The predicted molar refractivity (Wildman–Crippen MR) is 55.5 cm³/mol. The van der Waals surface area contributed by atoms with E-state index in [1.165, 1.54) is 10.6 Å². The van der Waals surface area contributed by atoms with E-state index in [1.54, 1.807) is 6.92 Å². The molecule has 0 aromatic rings. The zero-order chi connectivity index (χ0) is 10.8. The Morgan fingerprint density at radius 1 is 1.50 bits per heavy atom.